The minimum Gasteiger partial charge on any atom is -0.504 e. The Labute approximate surface area is 164 Å². The van der Waals surface area contributed by atoms with Crippen molar-refractivity contribution in [3.8, 4) is 28.7 Å². The van der Waals surface area contributed by atoms with Crippen molar-refractivity contribution in [1.82, 2.24) is 0 Å². The maximum Gasteiger partial charge on any atom is 0.235 e. The van der Waals surface area contributed by atoms with Gasteiger partial charge in [0.25, 0.3) is 0 Å². The minimum atomic E-state index is -0.0218. The number of phenolic OH excluding ortho intramolecular Hbond substituents is 1. The molecule has 2 N–H and O–H groups in total. The summed E-state index contributed by atoms with van der Waals surface area (Å²) in [6.07, 6.45) is 2.49. The first-order chi connectivity index (χ1) is 13.7. The molecule has 0 amide bonds. The molecule has 2 aromatic carbocycles. The number of likely N-dealkylation sites (tertiary alicyclic amines) is 1. The van der Waals surface area contributed by atoms with E-state index in [4.69, 9.17) is 18.9 Å². The van der Waals surface area contributed by atoms with Crippen molar-refractivity contribution < 1.29 is 29.0 Å². The van der Waals surface area contributed by atoms with Crippen molar-refractivity contribution in [3.05, 3.63) is 41.5 Å². The van der Waals surface area contributed by atoms with Crippen LogP contribution in [0.1, 0.15) is 36.8 Å². The number of methoxy groups -OCH3 is 1. The Morgan fingerprint density at radius 3 is 2.54 bits per heavy atom. The number of phenols is 1. The van der Waals surface area contributed by atoms with Gasteiger partial charge in [-0.15, -0.1) is 0 Å². The van der Waals surface area contributed by atoms with Gasteiger partial charge in [0.2, 0.25) is 13.0 Å². The van der Waals surface area contributed by atoms with Crippen molar-refractivity contribution in [2.45, 2.75) is 31.9 Å². The molecular weight excluding hydrogens is 358 g/mol. The van der Waals surface area contributed by atoms with Gasteiger partial charge in [0, 0.05) is 36.0 Å². The number of rotatable bonds is 3. The lowest BCUT2D eigenvalue weighted by Crippen LogP contribution is -3.16. The Bertz CT molecular complexity index is 893. The van der Waals surface area contributed by atoms with Crippen molar-refractivity contribution in [2.75, 3.05) is 27.0 Å². The van der Waals surface area contributed by atoms with Crippen molar-refractivity contribution in [3.63, 3.8) is 0 Å². The van der Waals surface area contributed by atoms with Crippen molar-refractivity contribution in [1.29, 1.82) is 0 Å². The van der Waals surface area contributed by atoms with E-state index in [1.54, 1.807) is 13.2 Å². The second-order valence-corrected chi connectivity index (χ2v) is 7.88. The van der Waals surface area contributed by atoms with Crippen LogP contribution in [-0.4, -0.2) is 38.3 Å². The maximum absolute atomic E-state index is 10.9. The average molecular weight is 384 g/mol. The molecule has 0 aliphatic carbocycles. The zero-order valence-electron chi connectivity index (χ0n) is 16.2. The van der Waals surface area contributed by atoms with E-state index in [1.165, 1.54) is 17.7 Å². The Morgan fingerprint density at radius 1 is 1.04 bits per heavy atom. The molecule has 1 saturated heterocycles. The van der Waals surface area contributed by atoms with Gasteiger partial charge in [0.05, 0.1) is 26.1 Å². The minimum absolute atomic E-state index is 0.0218. The summed E-state index contributed by atoms with van der Waals surface area (Å²) in [6, 6.07) is 9.64. The number of para-hydroxylation sites is 1. The smallest absolute Gasteiger partial charge is 0.235 e. The Morgan fingerprint density at radius 2 is 1.79 bits per heavy atom. The second-order valence-electron chi connectivity index (χ2n) is 7.88. The summed E-state index contributed by atoms with van der Waals surface area (Å²) in [7, 11) is 1.58. The lowest BCUT2D eigenvalue weighted by Gasteiger charge is -2.40. The predicted octanol–water partition coefficient (Wildman–Crippen LogP) is 2.29. The van der Waals surface area contributed by atoms with Crippen molar-refractivity contribution >= 4 is 0 Å². The average Bonchev–Trinajstić information content (AvgIpc) is 3.38. The first-order valence-corrected chi connectivity index (χ1v) is 9.98. The van der Waals surface area contributed by atoms with Gasteiger partial charge in [-0.05, 0) is 12.1 Å². The quantitative estimate of drug-likeness (QED) is 0.850. The van der Waals surface area contributed by atoms with Crippen LogP contribution in [0.4, 0.5) is 0 Å². The van der Waals surface area contributed by atoms with Gasteiger partial charge in [-0.3, -0.25) is 4.90 Å². The third kappa shape index (κ3) is 2.66. The summed E-state index contributed by atoms with van der Waals surface area (Å²) in [5.74, 6) is 3.11. The molecule has 1 fully saturated rings. The van der Waals surface area contributed by atoms with Crippen LogP contribution < -0.4 is 23.8 Å². The van der Waals surface area contributed by atoms with Gasteiger partial charge in [-0.25, -0.2) is 0 Å². The molecule has 3 heterocycles. The monoisotopic (exact) mass is 384 g/mol. The molecule has 6 nitrogen and oxygen atoms in total. The number of hydrogen-bond acceptors (Lipinski definition) is 5. The Balaban J connectivity index is 1.65. The predicted molar refractivity (Wildman–Crippen MR) is 103 cm³/mol. The topological polar surface area (TPSA) is 61.6 Å². The first-order valence-electron chi connectivity index (χ1n) is 9.98. The third-order valence-corrected chi connectivity index (χ3v) is 6.33. The Kier molecular flexibility index (Phi) is 4.23. The van der Waals surface area contributed by atoms with Gasteiger partial charge in [-0.2, -0.15) is 0 Å². The van der Waals surface area contributed by atoms with Crippen LogP contribution in [0.3, 0.4) is 0 Å². The van der Waals surface area contributed by atoms with E-state index >= 15 is 0 Å². The van der Waals surface area contributed by atoms with E-state index in [9.17, 15) is 5.11 Å². The zero-order valence-corrected chi connectivity index (χ0v) is 16.2. The van der Waals surface area contributed by atoms with Gasteiger partial charge >= 0.3 is 0 Å². The van der Waals surface area contributed by atoms with E-state index in [0.717, 1.165) is 41.5 Å². The number of benzene rings is 2. The highest BCUT2D eigenvalue weighted by molar-refractivity contribution is 5.58. The van der Waals surface area contributed by atoms with Crippen LogP contribution in [0.15, 0.2) is 30.3 Å². The molecule has 0 bridgehead atoms. The highest BCUT2D eigenvalue weighted by atomic mass is 16.7. The highest BCUT2D eigenvalue weighted by Crippen LogP contribution is 2.51. The highest BCUT2D eigenvalue weighted by Gasteiger charge is 2.44. The van der Waals surface area contributed by atoms with Gasteiger partial charge in [0.1, 0.15) is 5.75 Å². The van der Waals surface area contributed by atoms with Crippen molar-refractivity contribution in [2.24, 2.45) is 5.92 Å². The van der Waals surface area contributed by atoms with Crippen LogP contribution in [0, 0.1) is 5.92 Å². The van der Waals surface area contributed by atoms with Gasteiger partial charge in [-0.1, -0.05) is 19.1 Å². The first kappa shape index (κ1) is 17.5. The largest absolute Gasteiger partial charge is 0.504 e. The van der Waals surface area contributed by atoms with Crippen LogP contribution in [0.25, 0.3) is 0 Å². The van der Waals surface area contributed by atoms with E-state index in [0.29, 0.717) is 5.75 Å². The van der Waals surface area contributed by atoms with E-state index in [1.807, 2.05) is 24.3 Å². The van der Waals surface area contributed by atoms with Crippen LogP contribution in [0.5, 0.6) is 28.7 Å². The number of aromatic hydroxyl groups is 1. The molecule has 0 radical (unpaired) electrons. The number of nitrogens with one attached hydrogen (secondary N) is 1. The summed E-state index contributed by atoms with van der Waals surface area (Å²) in [6.45, 7) is 4.67. The number of hydrogen-bond donors (Lipinski definition) is 2. The summed E-state index contributed by atoms with van der Waals surface area (Å²) >= 11 is 0. The number of quaternary nitrogens is 1. The number of ether oxygens (including phenoxy) is 4. The molecule has 3 atom stereocenters. The standard InChI is InChI=1S/C22H25NO5/c1-13-20(14-6-5-7-16(25-2)21(14)24)15-10-18-19(27-12-26-18)11-17(15)28-22(13)23-8-3-4-9-23/h5-7,10-11,13,20,22,24H,3-4,8-9,12H2,1-2H3/p+1/t13-,20+,22-/m0/s1. The molecule has 5 rings (SSSR count). The summed E-state index contributed by atoms with van der Waals surface area (Å²) in [5, 5.41) is 10.9. The molecule has 3 aliphatic rings. The lowest BCUT2D eigenvalue weighted by molar-refractivity contribution is -0.937. The van der Waals surface area contributed by atoms with Gasteiger partial charge in [0.15, 0.2) is 23.0 Å². The van der Waals surface area contributed by atoms with Gasteiger partial charge < -0.3 is 24.1 Å². The SMILES string of the molecule is COc1cccc([C@@H]2c3cc4c(cc3O[C@H]([NH+]3CCCC3)[C@H]2C)OCO4)c1O. The number of fused-ring (bicyclic) bond motifs is 2. The van der Waals surface area contributed by atoms with E-state index in [2.05, 4.69) is 6.92 Å². The zero-order chi connectivity index (χ0) is 19.3. The molecule has 148 valence electrons. The lowest BCUT2D eigenvalue weighted by atomic mass is 9.77. The van der Waals surface area contributed by atoms with E-state index in [-0.39, 0.29) is 30.6 Å². The molecular formula is C22H26NO5+. The van der Waals surface area contributed by atoms with Crippen LogP contribution in [-0.2, 0) is 0 Å². The molecule has 28 heavy (non-hydrogen) atoms. The maximum atomic E-state index is 10.9. The fourth-order valence-electron chi connectivity index (χ4n) is 4.96. The second kappa shape index (κ2) is 6.78. The molecule has 3 aliphatic heterocycles. The van der Waals surface area contributed by atoms with Crippen LogP contribution in [0.2, 0.25) is 0 Å². The summed E-state index contributed by atoms with van der Waals surface area (Å²) in [4.78, 5) is 1.48. The molecule has 2 aromatic rings. The summed E-state index contributed by atoms with van der Waals surface area (Å²) < 4.78 is 23.1. The molecule has 0 aromatic heterocycles. The van der Waals surface area contributed by atoms with Crippen LogP contribution >= 0.6 is 0 Å². The molecule has 0 spiro atoms. The van der Waals surface area contributed by atoms with E-state index < -0.39 is 0 Å². The molecule has 0 unspecified atom stereocenters. The molecule has 0 saturated carbocycles. The third-order valence-electron chi connectivity index (χ3n) is 6.33. The normalized spacial score (nSPS) is 26.0. The summed E-state index contributed by atoms with van der Waals surface area (Å²) in [5.41, 5.74) is 1.88. The Hall–Kier alpha value is -2.60. The fourth-order valence-corrected chi connectivity index (χ4v) is 4.96. The fraction of sp³-hybridized carbons (Fsp3) is 0.455. The molecule has 6 heteroatoms.